The van der Waals surface area contributed by atoms with Gasteiger partial charge in [-0.2, -0.15) is 0 Å². The largest absolute Gasteiger partial charge is 0.481 e. The highest BCUT2D eigenvalue weighted by Crippen LogP contribution is 1.75. The first kappa shape index (κ1) is 13.0. The van der Waals surface area contributed by atoms with Crippen LogP contribution in [0.2, 0.25) is 0 Å². The Morgan fingerprint density at radius 2 is 1.50 bits per heavy atom. The number of amides is 1. The van der Waals surface area contributed by atoms with Crippen molar-refractivity contribution in [3.8, 4) is 0 Å². The van der Waals surface area contributed by atoms with E-state index >= 15 is 0 Å². The zero-order valence-electron chi connectivity index (χ0n) is 5.01. The maximum Gasteiger partial charge on any atom is 0.313 e. The van der Waals surface area contributed by atoms with Crippen LogP contribution in [0.15, 0.2) is 0 Å². The number of hydrogen-bond acceptors (Lipinski definition) is 2. The van der Waals surface area contributed by atoms with Crippen molar-refractivity contribution in [1.29, 1.82) is 0 Å². The molecule has 0 bridgehead atoms. The molecule has 6 heteroatoms. The van der Waals surface area contributed by atoms with E-state index in [1.165, 1.54) is 0 Å². The second kappa shape index (κ2) is 9.40. The van der Waals surface area contributed by atoms with Gasteiger partial charge in [0.1, 0.15) is 0 Å². The molecule has 60 valence electrons. The molecule has 0 aromatic heterocycles. The fourth-order valence-corrected chi connectivity index (χ4v) is 0. The second-order valence-corrected chi connectivity index (χ2v) is 2.65. The second-order valence-electron chi connectivity index (χ2n) is 1.13. The molecule has 0 atom stereocenters. The highest BCUT2D eigenvalue weighted by atomic mass is 127. The van der Waals surface area contributed by atoms with Crippen LogP contribution in [0.25, 0.3) is 0 Å². The monoisotopic (exact) mass is 371 g/mol. The Balaban J connectivity index is 0. The lowest BCUT2D eigenvalue weighted by Crippen LogP contribution is -2.10. The molecule has 0 spiro atoms. The van der Waals surface area contributed by atoms with E-state index in [0.717, 1.165) is 0 Å². The third-order valence-electron chi connectivity index (χ3n) is 0.246. The van der Waals surface area contributed by atoms with Gasteiger partial charge in [-0.05, 0) is 0 Å². The predicted molar refractivity (Wildman–Crippen MR) is 54.6 cm³/mol. The summed E-state index contributed by atoms with van der Waals surface area (Å²) in [6.45, 7) is 0. The molecule has 0 saturated heterocycles. The van der Waals surface area contributed by atoms with E-state index in [-0.39, 0.29) is 10.3 Å². The van der Waals surface area contributed by atoms with Gasteiger partial charge in [0.2, 0.25) is 5.91 Å². The highest BCUT2D eigenvalue weighted by molar-refractivity contribution is 14.1. The van der Waals surface area contributed by atoms with Crippen LogP contribution in [-0.2, 0) is 9.59 Å². The summed E-state index contributed by atoms with van der Waals surface area (Å²) < 4.78 is 0.607. The number of halogens is 2. The molecule has 0 aliphatic heterocycles. The first-order valence-electron chi connectivity index (χ1n) is 2.16. The summed E-state index contributed by atoms with van der Waals surface area (Å²) in [4.78, 5) is 18.9. The third kappa shape index (κ3) is 23.8. The van der Waals surface area contributed by atoms with Crippen LogP contribution in [0, 0.1) is 0 Å². The highest BCUT2D eigenvalue weighted by Gasteiger charge is 1.82. The summed E-state index contributed by atoms with van der Waals surface area (Å²) in [6.07, 6.45) is 0. The van der Waals surface area contributed by atoms with Gasteiger partial charge >= 0.3 is 5.97 Å². The van der Waals surface area contributed by atoms with Crippen LogP contribution < -0.4 is 5.73 Å². The zero-order chi connectivity index (χ0) is 8.57. The lowest BCUT2D eigenvalue weighted by atomic mass is 10.8. The number of carbonyl (C=O) groups is 2. The summed E-state index contributed by atoms with van der Waals surface area (Å²) >= 11 is 3.68. The van der Waals surface area contributed by atoms with Gasteiger partial charge in [-0.3, -0.25) is 9.59 Å². The molecule has 0 radical (unpaired) electrons. The van der Waals surface area contributed by atoms with Gasteiger partial charge < -0.3 is 10.8 Å². The summed E-state index contributed by atoms with van der Waals surface area (Å²) in [7, 11) is 0. The summed E-state index contributed by atoms with van der Waals surface area (Å²) in [6, 6.07) is 0. The topological polar surface area (TPSA) is 80.4 Å². The number of carbonyl (C=O) groups excluding carboxylic acids is 1. The molecule has 0 rings (SSSR count). The Labute approximate surface area is 85.8 Å². The number of hydrogen-bond donors (Lipinski definition) is 2. The van der Waals surface area contributed by atoms with Gasteiger partial charge in [0, 0.05) is 0 Å². The zero-order valence-corrected chi connectivity index (χ0v) is 9.33. The van der Waals surface area contributed by atoms with Crippen LogP contribution >= 0.6 is 45.2 Å². The van der Waals surface area contributed by atoms with Crippen molar-refractivity contribution in [2.24, 2.45) is 5.73 Å². The number of nitrogens with two attached hydrogens (primary N) is 1. The SMILES string of the molecule is NC(=O)CI.O=C(O)CI. The van der Waals surface area contributed by atoms with Gasteiger partial charge in [0.05, 0.1) is 8.86 Å². The lowest BCUT2D eigenvalue weighted by Gasteiger charge is -1.71. The molecule has 10 heavy (non-hydrogen) atoms. The molecule has 1 amide bonds. The maximum absolute atomic E-state index is 9.58. The van der Waals surface area contributed by atoms with Gasteiger partial charge in [0.15, 0.2) is 0 Å². The molecule has 4 nitrogen and oxygen atoms in total. The van der Waals surface area contributed by atoms with Crippen molar-refractivity contribution in [1.82, 2.24) is 0 Å². The third-order valence-corrected chi connectivity index (χ3v) is 1.65. The van der Waals surface area contributed by atoms with Crippen LogP contribution in [0.1, 0.15) is 0 Å². The Morgan fingerprint density at radius 1 is 1.30 bits per heavy atom. The first-order chi connectivity index (χ1) is 4.54. The van der Waals surface area contributed by atoms with Crippen molar-refractivity contribution < 1.29 is 14.7 Å². The number of carboxylic acid groups (broad SMARTS) is 1. The Bertz CT molecular complexity index is 103. The van der Waals surface area contributed by atoms with E-state index in [0.29, 0.717) is 4.43 Å². The average molecular weight is 371 g/mol. The molecule has 0 fully saturated rings. The fraction of sp³-hybridized carbons (Fsp3) is 0.500. The van der Waals surface area contributed by atoms with Gasteiger partial charge in [-0.1, -0.05) is 45.2 Å². The van der Waals surface area contributed by atoms with Crippen LogP contribution in [-0.4, -0.2) is 25.8 Å². The molecular formula is C4H7I2NO3. The molecule has 0 aliphatic rings. The summed E-state index contributed by atoms with van der Waals surface area (Å²) in [5.74, 6) is -1.02. The molecule has 3 N–H and O–H groups in total. The van der Waals surface area contributed by atoms with Gasteiger partial charge in [0.25, 0.3) is 0 Å². The van der Waals surface area contributed by atoms with E-state index in [1.807, 2.05) is 22.6 Å². The number of aliphatic carboxylic acids is 1. The van der Waals surface area contributed by atoms with Gasteiger partial charge in [-0.15, -0.1) is 0 Å². The number of primary amides is 1. The smallest absolute Gasteiger partial charge is 0.313 e. The Kier molecular flexibility index (Phi) is 12.2. The minimum atomic E-state index is -0.759. The number of alkyl halides is 2. The average Bonchev–Trinajstić information content (AvgIpc) is 1.89. The normalized spacial score (nSPS) is 7.40. The molecule has 0 saturated carbocycles. The van der Waals surface area contributed by atoms with Gasteiger partial charge in [-0.25, -0.2) is 0 Å². The van der Waals surface area contributed by atoms with Crippen molar-refractivity contribution in [2.75, 3.05) is 8.86 Å². The van der Waals surface area contributed by atoms with Crippen molar-refractivity contribution >= 4 is 57.1 Å². The minimum Gasteiger partial charge on any atom is -0.481 e. The van der Waals surface area contributed by atoms with Crippen LogP contribution in [0.3, 0.4) is 0 Å². The fourth-order valence-electron chi connectivity index (χ4n) is 0. The molecule has 0 unspecified atom stereocenters. The molecule has 0 heterocycles. The summed E-state index contributed by atoms with van der Waals surface area (Å²) in [5.41, 5.74) is 4.65. The van der Waals surface area contributed by atoms with Crippen LogP contribution in [0.5, 0.6) is 0 Å². The minimum absolute atomic E-state index is 0.192. The van der Waals surface area contributed by atoms with Crippen LogP contribution in [0.4, 0.5) is 0 Å². The quantitative estimate of drug-likeness (QED) is 0.546. The lowest BCUT2D eigenvalue weighted by molar-refractivity contribution is -0.133. The van der Waals surface area contributed by atoms with E-state index in [9.17, 15) is 9.59 Å². The molecule has 0 aromatic carbocycles. The Hall–Kier alpha value is 0.400. The number of carboxylic acids is 1. The Morgan fingerprint density at radius 3 is 1.50 bits per heavy atom. The first-order valence-corrected chi connectivity index (χ1v) is 5.21. The van der Waals surface area contributed by atoms with Crippen molar-refractivity contribution in [2.45, 2.75) is 0 Å². The van der Waals surface area contributed by atoms with E-state index in [2.05, 4.69) is 5.73 Å². The standard InChI is InChI=1S/C2H4INO.C2H3IO2/c2*3-1-2(4)5/h1H2,(H2,4,5);1H2,(H,4,5). The molecule has 0 aliphatic carbocycles. The van der Waals surface area contributed by atoms with Crippen molar-refractivity contribution in [3.05, 3.63) is 0 Å². The van der Waals surface area contributed by atoms with E-state index < -0.39 is 5.97 Å². The molecular weight excluding hydrogens is 364 g/mol. The van der Waals surface area contributed by atoms with E-state index in [4.69, 9.17) is 5.11 Å². The van der Waals surface area contributed by atoms with E-state index in [1.54, 1.807) is 22.6 Å². The number of rotatable bonds is 2. The predicted octanol–water partition coefficient (Wildman–Crippen LogP) is 0.413. The summed E-state index contributed by atoms with van der Waals surface area (Å²) in [5, 5.41) is 7.71. The molecule has 0 aromatic rings. The maximum atomic E-state index is 9.58. The van der Waals surface area contributed by atoms with Crippen molar-refractivity contribution in [3.63, 3.8) is 0 Å².